The number of sulfonamides is 1. The molecular formula is C16H21N3O6S. The molecule has 0 fully saturated rings. The summed E-state index contributed by atoms with van der Waals surface area (Å²) in [5, 5.41) is 6.13. The van der Waals surface area contributed by atoms with Crippen molar-refractivity contribution >= 4 is 21.7 Å². The highest BCUT2D eigenvalue weighted by Crippen LogP contribution is 2.27. The summed E-state index contributed by atoms with van der Waals surface area (Å²) < 4.78 is 41.2. The van der Waals surface area contributed by atoms with Crippen molar-refractivity contribution in [1.82, 2.24) is 10.5 Å². The summed E-state index contributed by atoms with van der Waals surface area (Å²) in [4.78, 5) is 12.0. The lowest BCUT2D eigenvalue weighted by molar-refractivity contribution is -0.120. The van der Waals surface area contributed by atoms with Gasteiger partial charge in [0.2, 0.25) is 15.9 Å². The van der Waals surface area contributed by atoms with Crippen LogP contribution in [0.5, 0.6) is 11.5 Å². The topological polar surface area (TPSA) is 120 Å². The number of ether oxygens (including phenoxy) is 2. The van der Waals surface area contributed by atoms with Gasteiger partial charge in [0.1, 0.15) is 5.76 Å². The number of carbonyl (C=O) groups excluding carboxylic acids is 1. The molecule has 1 heterocycles. The highest BCUT2D eigenvalue weighted by molar-refractivity contribution is 7.92. The van der Waals surface area contributed by atoms with Gasteiger partial charge < -0.3 is 19.3 Å². The number of benzene rings is 1. The molecule has 1 amide bonds. The summed E-state index contributed by atoms with van der Waals surface area (Å²) in [6, 6.07) is 6.61. The van der Waals surface area contributed by atoms with E-state index >= 15 is 0 Å². The summed E-state index contributed by atoms with van der Waals surface area (Å²) >= 11 is 0. The molecule has 2 rings (SSSR count). The summed E-state index contributed by atoms with van der Waals surface area (Å²) in [5.41, 5.74) is 0.721. The van der Waals surface area contributed by atoms with Crippen LogP contribution in [0, 0.1) is 6.92 Å². The monoisotopic (exact) mass is 383 g/mol. The fraction of sp³-hybridized carbons (Fsp3) is 0.375. The number of hydrogen-bond acceptors (Lipinski definition) is 7. The third kappa shape index (κ3) is 5.66. The Kier molecular flexibility index (Phi) is 6.45. The Morgan fingerprint density at radius 3 is 2.54 bits per heavy atom. The van der Waals surface area contributed by atoms with Crippen LogP contribution in [0.4, 0.5) is 5.82 Å². The van der Waals surface area contributed by atoms with Crippen LogP contribution >= 0.6 is 0 Å². The summed E-state index contributed by atoms with van der Waals surface area (Å²) in [6.07, 6.45) is 0.0936. The van der Waals surface area contributed by atoms with Gasteiger partial charge in [-0.05, 0) is 24.6 Å². The van der Waals surface area contributed by atoms with E-state index in [-0.39, 0.29) is 30.4 Å². The van der Waals surface area contributed by atoms with Gasteiger partial charge in [0, 0.05) is 12.6 Å². The molecule has 0 saturated carbocycles. The van der Waals surface area contributed by atoms with Crippen LogP contribution in [0.15, 0.2) is 28.8 Å². The van der Waals surface area contributed by atoms with Crippen molar-refractivity contribution in [2.24, 2.45) is 0 Å². The van der Waals surface area contributed by atoms with Gasteiger partial charge in [-0.2, -0.15) is 0 Å². The average molecular weight is 383 g/mol. The zero-order chi connectivity index (χ0) is 19.2. The predicted molar refractivity (Wildman–Crippen MR) is 94.9 cm³/mol. The van der Waals surface area contributed by atoms with Crippen LogP contribution in [-0.4, -0.2) is 46.0 Å². The molecular weight excluding hydrogens is 362 g/mol. The molecule has 1 aromatic carbocycles. The van der Waals surface area contributed by atoms with Crippen molar-refractivity contribution in [2.75, 3.05) is 31.2 Å². The van der Waals surface area contributed by atoms with Gasteiger partial charge >= 0.3 is 0 Å². The van der Waals surface area contributed by atoms with E-state index in [1.54, 1.807) is 25.1 Å². The van der Waals surface area contributed by atoms with E-state index in [9.17, 15) is 13.2 Å². The summed E-state index contributed by atoms with van der Waals surface area (Å²) in [5.74, 6) is 1.11. The van der Waals surface area contributed by atoms with E-state index < -0.39 is 10.0 Å². The number of aryl methyl sites for hydroxylation is 1. The van der Waals surface area contributed by atoms with Crippen LogP contribution in [0.2, 0.25) is 0 Å². The minimum atomic E-state index is -3.63. The van der Waals surface area contributed by atoms with Gasteiger partial charge in [-0.25, -0.2) is 8.42 Å². The molecule has 0 radical (unpaired) electrons. The lowest BCUT2D eigenvalue weighted by Gasteiger charge is -2.10. The summed E-state index contributed by atoms with van der Waals surface area (Å²) in [6.45, 7) is 1.62. The number of amides is 1. The fourth-order valence-electron chi connectivity index (χ4n) is 2.19. The minimum absolute atomic E-state index is 0.0295. The van der Waals surface area contributed by atoms with Gasteiger partial charge in [0.05, 0.1) is 26.4 Å². The van der Waals surface area contributed by atoms with E-state index in [0.29, 0.717) is 17.3 Å². The summed E-state index contributed by atoms with van der Waals surface area (Å²) in [7, 11) is -0.597. The van der Waals surface area contributed by atoms with E-state index in [1.165, 1.54) is 20.3 Å². The molecule has 0 spiro atoms. The maximum atomic E-state index is 12.0. The van der Waals surface area contributed by atoms with Crippen molar-refractivity contribution in [2.45, 2.75) is 13.3 Å². The molecule has 9 nitrogen and oxygen atoms in total. The number of hydrogen-bond donors (Lipinski definition) is 2. The second-order valence-electron chi connectivity index (χ2n) is 5.46. The Morgan fingerprint density at radius 2 is 1.92 bits per heavy atom. The van der Waals surface area contributed by atoms with Crippen LogP contribution in [0.25, 0.3) is 0 Å². The molecule has 2 aromatic rings. The molecule has 2 N–H and O–H groups in total. The zero-order valence-electron chi connectivity index (χ0n) is 14.7. The SMILES string of the molecule is COc1ccc(CC(=O)NCCS(=O)(=O)Nc2cc(C)on2)cc1OC. The fourth-order valence-corrected chi connectivity index (χ4v) is 3.08. The molecule has 142 valence electrons. The van der Waals surface area contributed by atoms with Crippen molar-refractivity contribution in [3.8, 4) is 11.5 Å². The first-order chi connectivity index (χ1) is 12.3. The lowest BCUT2D eigenvalue weighted by atomic mass is 10.1. The Labute approximate surface area is 151 Å². The van der Waals surface area contributed by atoms with Crippen LogP contribution in [0.1, 0.15) is 11.3 Å². The first kappa shape index (κ1) is 19.6. The molecule has 10 heteroatoms. The molecule has 0 atom stereocenters. The highest BCUT2D eigenvalue weighted by atomic mass is 32.2. The molecule has 0 aliphatic carbocycles. The number of methoxy groups -OCH3 is 2. The molecule has 0 unspecified atom stereocenters. The number of rotatable bonds is 9. The third-order valence-electron chi connectivity index (χ3n) is 3.39. The van der Waals surface area contributed by atoms with Crippen LogP contribution < -0.4 is 19.5 Å². The third-order valence-corrected chi connectivity index (χ3v) is 4.66. The molecule has 1 aromatic heterocycles. The normalized spacial score (nSPS) is 11.0. The lowest BCUT2D eigenvalue weighted by Crippen LogP contribution is -2.32. The first-order valence-electron chi connectivity index (χ1n) is 7.74. The second kappa shape index (κ2) is 8.56. The predicted octanol–water partition coefficient (Wildman–Crippen LogP) is 1.10. The largest absolute Gasteiger partial charge is 0.493 e. The van der Waals surface area contributed by atoms with Gasteiger partial charge in [-0.15, -0.1) is 0 Å². The first-order valence-corrected chi connectivity index (χ1v) is 9.39. The standard InChI is InChI=1S/C16H21N3O6S/c1-11-8-15(18-25-11)19-26(21,22)7-6-17-16(20)10-12-4-5-13(23-2)14(9-12)24-3/h4-5,8-9H,6-7,10H2,1-3H3,(H,17,20)(H,18,19). The van der Waals surface area contributed by atoms with Crippen molar-refractivity contribution in [1.29, 1.82) is 0 Å². The molecule has 0 aliphatic heterocycles. The Balaban J connectivity index is 1.83. The van der Waals surface area contributed by atoms with Crippen LogP contribution in [-0.2, 0) is 21.2 Å². The van der Waals surface area contributed by atoms with Crippen molar-refractivity contribution in [3.63, 3.8) is 0 Å². The van der Waals surface area contributed by atoms with Crippen LogP contribution in [0.3, 0.4) is 0 Å². The van der Waals surface area contributed by atoms with Crippen molar-refractivity contribution < 1.29 is 27.2 Å². The minimum Gasteiger partial charge on any atom is -0.493 e. The van der Waals surface area contributed by atoms with E-state index in [1.807, 2.05) is 0 Å². The number of anilines is 1. The van der Waals surface area contributed by atoms with E-state index in [2.05, 4.69) is 15.2 Å². The second-order valence-corrected chi connectivity index (χ2v) is 7.30. The maximum Gasteiger partial charge on any atom is 0.235 e. The number of carbonyl (C=O) groups is 1. The highest BCUT2D eigenvalue weighted by Gasteiger charge is 2.14. The smallest absolute Gasteiger partial charge is 0.235 e. The Hall–Kier alpha value is -2.75. The Morgan fingerprint density at radius 1 is 1.19 bits per heavy atom. The van der Waals surface area contributed by atoms with E-state index in [0.717, 1.165) is 5.56 Å². The molecule has 0 bridgehead atoms. The quantitative estimate of drug-likeness (QED) is 0.665. The van der Waals surface area contributed by atoms with Gasteiger partial charge in [-0.3, -0.25) is 9.52 Å². The Bertz CT molecular complexity index is 863. The zero-order valence-corrected chi connectivity index (χ0v) is 15.6. The van der Waals surface area contributed by atoms with E-state index in [4.69, 9.17) is 14.0 Å². The molecule has 0 saturated heterocycles. The molecule has 0 aliphatic rings. The average Bonchev–Trinajstić information content (AvgIpc) is 2.98. The van der Waals surface area contributed by atoms with Gasteiger partial charge in [0.25, 0.3) is 0 Å². The number of nitrogens with one attached hydrogen (secondary N) is 2. The number of nitrogens with zero attached hydrogens (tertiary/aromatic N) is 1. The van der Waals surface area contributed by atoms with Gasteiger partial charge in [0.15, 0.2) is 17.3 Å². The van der Waals surface area contributed by atoms with Gasteiger partial charge in [-0.1, -0.05) is 11.2 Å². The maximum absolute atomic E-state index is 12.0. The van der Waals surface area contributed by atoms with Crippen molar-refractivity contribution in [3.05, 3.63) is 35.6 Å². The number of aromatic nitrogens is 1. The molecule has 26 heavy (non-hydrogen) atoms.